The van der Waals surface area contributed by atoms with Gasteiger partial charge in [0.25, 0.3) is 0 Å². The lowest BCUT2D eigenvalue weighted by molar-refractivity contribution is 0.253. The monoisotopic (exact) mass is 265 g/mol. The average Bonchev–Trinajstić information content (AvgIpc) is 2.34. The summed E-state index contributed by atoms with van der Waals surface area (Å²) in [6.07, 6.45) is 4.36. The molecule has 0 saturated carbocycles. The van der Waals surface area contributed by atoms with Crippen molar-refractivity contribution in [1.29, 1.82) is 0 Å². The number of primary amides is 1. The molecule has 1 aromatic carbocycles. The molecule has 0 aliphatic heterocycles. The van der Waals surface area contributed by atoms with Crippen molar-refractivity contribution in [2.24, 2.45) is 10.7 Å². The second-order valence-corrected chi connectivity index (χ2v) is 4.02. The summed E-state index contributed by atoms with van der Waals surface area (Å²) >= 11 is 6.01. The second-order valence-electron chi connectivity index (χ2n) is 3.61. The first-order valence-corrected chi connectivity index (χ1v) is 6.04. The molecule has 0 radical (unpaired) electrons. The molecule has 0 aliphatic rings. The molecule has 0 bridgehead atoms. The van der Waals surface area contributed by atoms with Gasteiger partial charge in [-0.1, -0.05) is 36.7 Å². The Balaban J connectivity index is 2.83. The summed E-state index contributed by atoms with van der Waals surface area (Å²) in [6, 6.07) is 6.78. The van der Waals surface area contributed by atoms with Crippen molar-refractivity contribution in [2.75, 3.05) is 6.54 Å². The van der Waals surface area contributed by atoms with E-state index in [1.54, 1.807) is 18.2 Å². The highest BCUT2D eigenvalue weighted by molar-refractivity contribution is 6.32. The zero-order chi connectivity index (χ0) is 13.4. The molecule has 0 fully saturated rings. The number of nitrogens with zero attached hydrogens (tertiary/aromatic N) is 1. The fourth-order valence-corrected chi connectivity index (χ4v) is 1.47. The number of carbonyl (C=O) groups excluding carboxylic acids is 1. The molecule has 0 atom stereocenters. The van der Waals surface area contributed by atoms with Crippen LogP contribution in [0, 0.1) is 0 Å². The fourth-order valence-electron chi connectivity index (χ4n) is 1.27. The Morgan fingerprint density at radius 2 is 2.22 bits per heavy atom. The number of aliphatic imine (C=N–C) groups is 1. The van der Waals surface area contributed by atoms with Gasteiger partial charge in [-0.05, 0) is 30.2 Å². The zero-order valence-corrected chi connectivity index (χ0v) is 10.9. The average molecular weight is 266 g/mol. The Morgan fingerprint density at radius 3 is 2.83 bits per heavy atom. The molecule has 4 nitrogen and oxygen atoms in total. The molecule has 0 aromatic heterocycles. The molecular weight excluding hydrogens is 250 g/mol. The normalized spacial score (nSPS) is 11.8. The van der Waals surface area contributed by atoms with E-state index in [0.29, 0.717) is 17.4 Å². The van der Waals surface area contributed by atoms with Crippen molar-refractivity contribution in [1.82, 2.24) is 5.32 Å². The molecule has 3 N–H and O–H groups in total. The molecule has 0 saturated heterocycles. The maximum atomic E-state index is 10.8. The Morgan fingerprint density at radius 1 is 1.50 bits per heavy atom. The lowest BCUT2D eigenvalue weighted by atomic mass is 10.2. The molecule has 1 aromatic rings. The van der Waals surface area contributed by atoms with Crippen molar-refractivity contribution in [2.45, 2.75) is 13.3 Å². The number of amidine groups is 1. The van der Waals surface area contributed by atoms with Crippen LogP contribution in [0.3, 0.4) is 0 Å². The van der Waals surface area contributed by atoms with Crippen molar-refractivity contribution >= 4 is 29.5 Å². The maximum absolute atomic E-state index is 10.8. The first-order valence-electron chi connectivity index (χ1n) is 5.67. The lowest BCUT2D eigenvalue weighted by Crippen LogP contribution is -2.34. The summed E-state index contributed by atoms with van der Waals surface area (Å²) in [5, 5.41) is 3.10. The third kappa shape index (κ3) is 5.01. The number of halogens is 1. The van der Waals surface area contributed by atoms with Crippen LogP contribution in [-0.2, 0) is 0 Å². The smallest absolute Gasteiger partial charge is 0.317 e. The molecule has 5 heteroatoms. The molecule has 0 aliphatic carbocycles. The van der Waals surface area contributed by atoms with Gasteiger partial charge in [-0.15, -0.1) is 0 Å². The number of nitrogens with two attached hydrogens (primary N) is 1. The van der Waals surface area contributed by atoms with Gasteiger partial charge in [-0.2, -0.15) is 0 Å². The summed E-state index contributed by atoms with van der Waals surface area (Å²) in [5.74, 6) is 0.435. The van der Waals surface area contributed by atoms with Crippen molar-refractivity contribution < 1.29 is 4.79 Å². The van der Waals surface area contributed by atoms with Crippen LogP contribution in [0.25, 0.3) is 6.08 Å². The number of benzene rings is 1. The van der Waals surface area contributed by atoms with Gasteiger partial charge in [0, 0.05) is 11.6 Å². The van der Waals surface area contributed by atoms with Crippen LogP contribution in [0.2, 0.25) is 5.02 Å². The van der Waals surface area contributed by atoms with Gasteiger partial charge in [0.1, 0.15) is 5.84 Å². The number of carbonyl (C=O) groups is 1. The quantitative estimate of drug-likeness (QED) is 0.638. The number of urea groups is 1. The van der Waals surface area contributed by atoms with E-state index >= 15 is 0 Å². The van der Waals surface area contributed by atoms with Crippen LogP contribution < -0.4 is 11.1 Å². The van der Waals surface area contributed by atoms with Crippen LogP contribution in [0.5, 0.6) is 0 Å². The van der Waals surface area contributed by atoms with Crippen molar-refractivity contribution in [3.05, 3.63) is 40.9 Å². The highest BCUT2D eigenvalue weighted by atomic mass is 35.5. The van der Waals surface area contributed by atoms with E-state index in [9.17, 15) is 4.79 Å². The van der Waals surface area contributed by atoms with E-state index < -0.39 is 6.03 Å². The topological polar surface area (TPSA) is 67.5 Å². The number of hydrogen-bond acceptors (Lipinski definition) is 2. The SMILES string of the molecule is CCCN=C(C=Cc1ccccc1Cl)NC(N)=O. The maximum Gasteiger partial charge on any atom is 0.317 e. The van der Waals surface area contributed by atoms with Crippen LogP contribution >= 0.6 is 11.6 Å². The molecular formula is C13H16ClN3O. The predicted octanol–water partition coefficient (Wildman–Crippen LogP) is 2.83. The third-order valence-electron chi connectivity index (χ3n) is 2.08. The molecule has 96 valence electrons. The van der Waals surface area contributed by atoms with Gasteiger partial charge < -0.3 is 5.73 Å². The molecule has 0 unspecified atom stereocenters. The minimum atomic E-state index is -0.631. The summed E-state index contributed by atoms with van der Waals surface area (Å²) < 4.78 is 0. The first-order chi connectivity index (χ1) is 8.63. The van der Waals surface area contributed by atoms with E-state index in [4.69, 9.17) is 17.3 Å². The Bertz CT molecular complexity index is 469. The molecule has 2 amide bonds. The van der Waals surface area contributed by atoms with Crippen LogP contribution in [-0.4, -0.2) is 18.4 Å². The summed E-state index contributed by atoms with van der Waals surface area (Å²) in [6.45, 7) is 2.63. The van der Waals surface area contributed by atoms with E-state index in [2.05, 4.69) is 10.3 Å². The van der Waals surface area contributed by atoms with Gasteiger partial charge >= 0.3 is 6.03 Å². The molecule has 18 heavy (non-hydrogen) atoms. The lowest BCUT2D eigenvalue weighted by Gasteiger charge is -2.02. The van der Waals surface area contributed by atoms with Crippen LogP contribution in [0.15, 0.2) is 35.3 Å². The number of nitrogens with one attached hydrogen (secondary N) is 1. The molecule has 0 spiro atoms. The highest BCUT2D eigenvalue weighted by Gasteiger charge is 1.98. The molecule has 1 rings (SSSR count). The van der Waals surface area contributed by atoms with Gasteiger partial charge in [-0.25, -0.2) is 4.79 Å². The number of rotatable bonds is 4. The fraction of sp³-hybridized carbons (Fsp3) is 0.231. The first kappa shape index (κ1) is 14.3. The summed E-state index contributed by atoms with van der Waals surface area (Å²) in [5.41, 5.74) is 5.93. The Hall–Kier alpha value is -1.81. The van der Waals surface area contributed by atoms with Crippen LogP contribution in [0.1, 0.15) is 18.9 Å². The third-order valence-corrected chi connectivity index (χ3v) is 2.43. The van der Waals surface area contributed by atoms with E-state index in [-0.39, 0.29) is 0 Å². The van der Waals surface area contributed by atoms with E-state index in [1.165, 1.54) is 0 Å². The Kier molecular flexibility index (Phi) is 5.94. The van der Waals surface area contributed by atoms with Crippen molar-refractivity contribution in [3.8, 4) is 0 Å². The number of amides is 2. The standard InChI is InChI=1S/C13H16ClN3O/c1-2-9-16-12(17-13(15)18)8-7-10-5-3-4-6-11(10)14/h3-8H,2,9H2,1H3,(H3,15,16,17,18). The highest BCUT2D eigenvalue weighted by Crippen LogP contribution is 2.16. The summed E-state index contributed by atoms with van der Waals surface area (Å²) in [4.78, 5) is 15.0. The Labute approximate surface area is 112 Å². The van der Waals surface area contributed by atoms with E-state index in [0.717, 1.165) is 12.0 Å². The number of hydrogen-bond donors (Lipinski definition) is 2. The van der Waals surface area contributed by atoms with Gasteiger partial charge in [0.2, 0.25) is 0 Å². The largest absolute Gasteiger partial charge is 0.351 e. The minimum Gasteiger partial charge on any atom is -0.351 e. The predicted molar refractivity (Wildman–Crippen MR) is 75.8 cm³/mol. The van der Waals surface area contributed by atoms with Gasteiger partial charge in [0.15, 0.2) is 0 Å². The minimum absolute atomic E-state index is 0.435. The zero-order valence-electron chi connectivity index (χ0n) is 10.2. The van der Waals surface area contributed by atoms with Gasteiger partial charge in [0.05, 0.1) is 0 Å². The second kappa shape index (κ2) is 7.50. The van der Waals surface area contributed by atoms with Crippen molar-refractivity contribution in [3.63, 3.8) is 0 Å². The summed E-state index contributed by atoms with van der Waals surface area (Å²) in [7, 11) is 0. The molecule has 0 heterocycles. The van der Waals surface area contributed by atoms with E-state index in [1.807, 2.05) is 25.1 Å². The van der Waals surface area contributed by atoms with Gasteiger partial charge in [-0.3, -0.25) is 10.3 Å². The van der Waals surface area contributed by atoms with Crippen LogP contribution in [0.4, 0.5) is 4.79 Å².